The molecular weight excluding hydrogens is 227 g/mol. The third-order valence-corrected chi connectivity index (χ3v) is 1.42. The summed E-state index contributed by atoms with van der Waals surface area (Å²) in [4.78, 5) is 0. The molecule has 0 saturated heterocycles. The van der Waals surface area contributed by atoms with Gasteiger partial charge in [-0.05, 0) is 6.42 Å². The fourth-order valence-electron chi connectivity index (χ4n) is 1.13. The Balaban J connectivity index is -0.000000284. The summed E-state index contributed by atoms with van der Waals surface area (Å²) in [5.74, 6) is 0. The Morgan fingerprint density at radius 2 is 1.79 bits per heavy atom. The van der Waals surface area contributed by atoms with Gasteiger partial charge in [-0.2, -0.15) is 0 Å². The van der Waals surface area contributed by atoms with Gasteiger partial charge in [0.15, 0.2) is 0 Å². The van der Waals surface area contributed by atoms with E-state index in [4.69, 9.17) is 0 Å². The second kappa shape index (κ2) is 9.89. The van der Waals surface area contributed by atoms with Crippen molar-refractivity contribution in [2.45, 2.75) is 27.2 Å². The van der Waals surface area contributed by atoms with Gasteiger partial charge in [0.1, 0.15) is 0 Å². The summed E-state index contributed by atoms with van der Waals surface area (Å²) in [6, 6.07) is 0. The molecule has 0 bridgehead atoms. The number of rotatable bonds is 1. The van der Waals surface area contributed by atoms with Crippen molar-refractivity contribution in [3.8, 4) is 0 Å². The molecule has 0 spiro atoms. The summed E-state index contributed by atoms with van der Waals surface area (Å²) >= 11 is 1.47. The molecule has 14 heavy (non-hydrogen) atoms. The molecule has 0 aliphatic heterocycles. The number of hydrogen-bond acceptors (Lipinski definition) is 0. The molecule has 0 unspecified atom stereocenters. The SMILES string of the molecule is CC(C)(C)[CH-]C1=CC=CC1.[CH3-].[CH3-].[Cl][Ti+3]. The van der Waals surface area contributed by atoms with Crippen LogP contribution in [0.4, 0.5) is 0 Å². The van der Waals surface area contributed by atoms with Crippen LogP contribution in [0.2, 0.25) is 0 Å². The van der Waals surface area contributed by atoms with Gasteiger partial charge < -0.3 is 14.9 Å². The van der Waals surface area contributed by atoms with Crippen LogP contribution in [0.25, 0.3) is 0 Å². The Kier molecular flexibility index (Phi) is 14.0. The first-order valence-electron chi connectivity index (χ1n) is 3.98. The first-order valence-corrected chi connectivity index (χ1v) is 6.13. The first-order chi connectivity index (χ1) is 5.58. The molecule has 0 radical (unpaired) electrons. The van der Waals surface area contributed by atoms with E-state index in [0.29, 0.717) is 5.41 Å². The molecule has 80 valence electrons. The molecule has 0 amide bonds. The molecule has 0 fully saturated rings. The molecule has 1 rings (SSSR count). The number of hydrogen-bond donors (Lipinski definition) is 0. The van der Waals surface area contributed by atoms with Crippen LogP contribution < -0.4 is 0 Å². The van der Waals surface area contributed by atoms with Crippen molar-refractivity contribution in [1.82, 2.24) is 0 Å². The van der Waals surface area contributed by atoms with Crippen LogP contribution in [-0.4, -0.2) is 0 Å². The molecule has 0 nitrogen and oxygen atoms in total. The zero-order chi connectivity index (χ0) is 9.61. The van der Waals surface area contributed by atoms with Crippen molar-refractivity contribution in [2.24, 2.45) is 5.41 Å². The van der Waals surface area contributed by atoms with E-state index in [2.05, 4.69) is 54.7 Å². The van der Waals surface area contributed by atoms with Crippen LogP contribution in [0.3, 0.4) is 0 Å². The van der Waals surface area contributed by atoms with Crippen molar-refractivity contribution in [3.05, 3.63) is 45.1 Å². The second-order valence-corrected chi connectivity index (χ2v) is 3.88. The molecular formula is C12H21ClTi. The van der Waals surface area contributed by atoms with Gasteiger partial charge in [0.25, 0.3) is 0 Å². The number of halogens is 1. The summed E-state index contributed by atoms with van der Waals surface area (Å²) in [6.07, 6.45) is 9.95. The number of allylic oxidation sites excluding steroid dienone is 4. The van der Waals surface area contributed by atoms with Crippen molar-refractivity contribution in [3.63, 3.8) is 0 Å². The van der Waals surface area contributed by atoms with Crippen LogP contribution >= 0.6 is 9.30 Å². The Bertz CT molecular complexity index is 175. The molecule has 0 aromatic heterocycles. The third-order valence-electron chi connectivity index (χ3n) is 1.42. The normalized spacial score (nSPS) is 12.9. The fraction of sp³-hybridized carbons (Fsp3) is 0.417. The molecule has 1 aliphatic carbocycles. The molecule has 0 atom stereocenters. The molecule has 0 saturated carbocycles. The van der Waals surface area contributed by atoms with Crippen molar-refractivity contribution in [1.29, 1.82) is 0 Å². The predicted octanol–water partition coefficient (Wildman–Crippen LogP) is 4.71. The van der Waals surface area contributed by atoms with Crippen LogP contribution in [-0.2, 0) is 19.4 Å². The average Bonchev–Trinajstić information content (AvgIpc) is 2.41. The van der Waals surface area contributed by atoms with Gasteiger partial charge in [0.05, 0.1) is 0 Å². The molecule has 2 heteroatoms. The zero-order valence-corrected chi connectivity index (χ0v) is 12.2. The average molecular weight is 249 g/mol. The van der Waals surface area contributed by atoms with E-state index in [-0.39, 0.29) is 14.9 Å². The van der Waals surface area contributed by atoms with Gasteiger partial charge in [-0.1, -0.05) is 26.2 Å². The van der Waals surface area contributed by atoms with E-state index in [1.165, 1.54) is 24.9 Å². The first kappa shape index (κ1) is 19.9. The summed E-state index contributed by atoms with van der Waals surface area (Å²) in [6.45, 7) is 6.68. The van der Waals surface area contributed by atoms with Crippen LogP contribution in [0.5, 0.6) is 0 Å². The Morgan fingerprint density at radius 1 is 1.29 bits per heavy atom. The molecule has 0 aromatic rings. The maximum atomic E-state index is 4.64. The third kappa shape index (κ3) is 10.4. The predicted molar refractivity (Wildman–Crippen MR) is 64.3 cm³/mol. The quantitative estimate of drug-likeness (QED) is 0.466. The summed E-state index contributed by atoms with van der Waals surface area (Å²) in [5, 5.41) is 0. The second-order valence-electron chi connectivity index (χ2n) is 3.88. The van der Waals surface area contributed by atoms with E-state index in [9.17, 15) is 0 Å². The molecule has 0 heterocycles. The molecule has 0 N–H and O–H groups in total. The van der Waals surface area contributed by atoms with E-state index in [1.54, 1.807) is 0 Å². The van der Waals surface area contributed by atoms with Gasteiger partial charge in [0.2, 0.25) is 0 Å². The minimum atomic E-state index is 0. The van der Waals surface area contributed by atoms with Gasteiger partial charge in [0, 0.05) is 0 Å². The maximum absolute atomic E-state index is 4.64. The Hall–Kier alpha value is 0.354. The summed E-state index contributed by atoms with van der Waals surface area (Å²) < 4.78 is 0. The standard InChI is InChI=1S/C10H15.2CH3.ClH.Ti/c1-10(2,3)8-9-6-4-5-7-9;;;;/h4-6,8H,7H2,1-3H3;2*1H3;1H;/q3*-1;;+4/p-1. The Morgan fingerprint density at radius 3 is 2.07 bits per heavy atom. The van der Waals surface area contributed by atoms with Gasteiger partial charge in [-0.25, -0.2) is 18.1 Å². The topological polar surface area (TPSA) is 0 Å². The van der Waals surface area contributed by atoms with E-state index >= 15 is 0 Å². The van der Waals surface area contributed by atoms with Gasteiger partial charge >= 0.3 is 28.7 Å². The monoisotopic (exact) mass is 248 g/mol. The molecule has 0 aromatic carbocycles. The van der Waals surface area contributed by atoms with Crippen molar-refractivity contribution >= 4 is 9.30 Å². The Labute approximate surface area is 106 Å². The summed E-state index contributed by atoms with van der Waals surface area (Å²) in [7, 11) is 4.64. The molecule has 1 aliphatic rings. The van der Waals surface area contributed by atoms with Crippen LogP contribution in [0.15, 0.2) is 23.8 Å². The van der Waals surface area contributed by atoms with Crippen molar-refractivity contribution in [2.75, 3.05) is 0 Å². The van der Waals surface area contributed by atoms with Crippen molar-refractivity contribution < 1.29 is 19.4 Å². The minimum absolute atomic E-state index is 0. The van der Waals surface area contributed by atoms with Crippen LogP contribution in [0.1, 0.15) is 27.2 Å². The fourth-order valence-corrected chi connectivity index (χ4v) is 1.13. The van der Waals surface area contributed by atoms with Gasteiger partial charge in [-0.3, -0.25) is 0 Å². The zero-order valence-electron chi connectivity index (χ0n) is 9.89. The van der Waals surface area contributed by atoms with E-state index in [0.717, 1.165) is 6.42 Å². The van der Waals surface area contributed by atoms with E-state index in [1.807, 2.05) is 0 Å². The van der Waals surface area contributed by atoms with E-state index < -0.39 is 0 Å². The van der Waals surface area contributed by atoms with Crippen LogP contribution in [0, 0.1) is 26.7 Å². The summed E-state index contributed by atoms with van der Waals surface area (Å²) in [5.41, 5.74) is 1.78. The van der Waals surface area contributed by atoms with Gasteiger partial charge in [-0.15, -0.1) is 12.2 Å².